The van der Waals surface area contributed by atoms with Crippen molar-refractivity contribution in [3.05, 3.63) is 29.8 Å². The fraction of sp³-hybridized carbons (Fsp3) is 0.417. The van der Waals surface area contributed by atoms with E-state index in [9.17, 15) is 4.79 Å². The second kappa shape index (κ2) is 4.14. The first-order valence-corrected chi connectivity index (χ1v) is 5.29. The predicted molar refractivity (Wildman–Crippen MR) is 61.1 cm³/mol. The van der Waals surface area contributed by atoms with E-state index in [2.05, 4.69) is 0 Å². The molecule has 2 unspecified atom stereocenters. The highest BCUT2D eigenvalue weighted by Crippen LogP contribution is 2.32. The van der Waals surface area contributed by atoms with Crippen molar-refractivity contribution < 1.29 is 9.53 Å². The summed E-state index contributed by atoms with van der Waals surface area (Å²) in [5.74, 6) is 0.812. The van der Waals surface area contributed by atoms with E-state index in [1.54, 1.807) is 19.1 Å². The van der Waals surface area contributed by atoms with Crippen LogP contribution in [0, 0.1) is 0 Å². The SMILES string of the molecule is COc1cccc(C2CC(N)C(=O)N2C)c1. The standard InChI is InChI=1S/C12H16N2O2/c1-14-11(7-10(13)12(14)15)8-4-3-5-9(6-8)16-2/h3-6,10-11H,7,13H2,1-2H3. The zero-order chi connectivity index (χ0) is 11.7. The monoisotopic (exact) mass is 220 g/mol. The van der Waals surface area contributed by atoms with Crippen molar-refractivity contribution >= 4 is 5.91 Å². The number of hydrogen-bond donors (Lipinski definition) is 1. The van der Waals surface area contributed by atoms with Crippen LogP contribution in [0.15, 0.2) is 24.3 Å². The third-order valence-electron chi connectivity index (χ3n) is 3.09. The van der Waals surface area contributed by atoms with Crippen molar-refractivity contribution in [1.82, 2.24) is 4.90 Å². The Morgan fingerprint density at radius 2 is 2.25 bits per heavy atom. The molecule has 1 fully saturated rings. The molecule has 1 aromatic carbocycles. The van der Waals surface area contributed by atoms with Crippen molar-refractivity contribution in [3.63, 3.8) is 0 Å². The number of likely N-dealkylation sites (N-methyl/N-ethyl adjacent to an activating group) is 1. The van der Waals surface area contributed by atoms with Gasteiger partial charge in [-0.3, -0.25) is 4.79 Å². The zero-order valence-electron chi connectivity index (χ0n) is 9.51. The van der Waals surface area contributed by atoms with Gasteiger partial charge in [0.15, 0.2) is 0 Å². The number of nitrogens with two attached hydrogens (primary N) is 1. The van der Waals surface area contributed by atoms with Gasteiger partial charge in [-0.15, -0.1) is 0 Å². The van der Waals surface area contributed by atoms with Crippen LogP contribution in [-0.4, -0.2) is 31.0 Å². The van der Waals surface area contributed by atoms with Crippen LogP contribution in [0.1, 0.15) is 18.0 Å². The summed E-state index contributed by atoms with van der Waals surface area (Å²) < 4.78 is 5.17. The number of amides is 1. The van der Waals surface area contributed by atoms with Gasteiger partial charge in [0, 0.05) is 7.05 Å². The van der Waals surface area contributed by atoms with Crippen LogP contribution in [-0.2, 0) is 4.79 Å². The molecule has 16 heavy (non-hydrogen) atoms. The highest BCUT2D eigenvalue weighted by Gasteiger charge is 2.35. The summed E-state index contributed by atoms with van der Waals surface area (Å²) >= 11 is 0. The molecule has 86 valence electrons. The Labute approximate surface area is 95.0 Å². The number of carbonyl (C=O) groups excluding carboxylic acids is 1. The maximum atomic E-state index is 11.6. The lowest BCUT2D eigenvalue weighted by Crippen LogP contribution is -2.31. The molecule has 1 amide bonds. The lowest BCUT2D eigenvalue weighted by molar-refractivity contribution is -0.128. The zero-order valence-corrected chi connectivity index (χ0v) is 9.51. The van der Waals surface area contributed by atoms with Crippen LogP contribution in [0.2, 0.25) is 0 Å². The van der Waals surface area contributed by atoms with E-state index in [0.717, 1.165) is 11.3 Å². The number of methoxy groups -OCH3 is 1. The summed E-state index contributed by atoms with van der Waals surface area (Å²) in [7, 11) is 3.42. The van der Waals surface area contributed by atoms with E-state index in [4.69, 9.17) is 10.5 Å². The summed E-state index contributed by atoms with van der Waals surface area (Å²) in [5, 5.41) is 0. The minimum absolute atomic E-state index is 0.00724. The van der Waals surface area contributed by atoms with Gasteiger partial charge >= 0.3 is 0 Å². The van der Waals surface area contributed by atoms with E-state index in [1.807, 2.05) is 24.3 Å². The minimum atomic E-state index is -0.374. The lowest BCUT2D eigenvalue weighted by Gasteiger charge is -2.20. The molecule has 2 rings (SSSR count). The quantitative estimate of drug-likeness (QED) is 0.806. The average Bonchev–Trinajstić information content (AvgIpc) is 2.57. The largest absolute Gasteiger partial charge is 0.497 e. The van der Waals surface area contributed by atoms with Crippen LogP contribution < -0.4 is 10.5 Å². The molecule has 1 saturated heterocycles. The third-order valence-corrected chi connectivity index (χ3v) is 3.09. The molecule has 0 radical (unpaired) electrons. The van der Waals surface area contributed by atoms with Crippen LogP contribution in [0.5, 0.6) is 5.75 Å². The van der Waals surface area contributed by atoms with Gasteiger partial charge < -0.3 is 15.4 Å². The van der Waals surface area contributed by atoms with Crippen molar-refractivity contribution in [2.24, 2.45) is 5.73 Å². The Kier molecular flexibility index (Phi) is 2.83. The van der Waals surface area contributed by atoms with Crippen LogP contribution in [0.4, 0.5) is 0 Å². The van der Waals surface area contributed by atoms with E-state index in [1.165, 1.54) is 0 Å². The fourth-order valence-electron chi connectivity index (χ4n) is 2.12. The first-order valence-electron chi connectivity index (χ1n) is 5.29. The van der Waals surface area contributed by atoms with Gasteiger partial charge in [-0.05, 0) is 24.1 Å². The number of nitrogens with zero attached hydrogens (tertiary/aromatic N) is 1. The molecule has 2 N–H and O–H groups in total. The van der Waals surface area contributed by atoms with Crippen molar-refractivity contribution in [2.45, 2.75) is 18.5 Å². The highest BCUT2D eigenvalue weighted by molar-refractivity contribution is 5.84. The topological polar surface area (TPSA) is 55.6 Å². The van der Waals surface area contributed by atoms with Crippen molar-refractivity contribution in [1.29, 1.82) is 0 Å². The number of hydrogen-bond acceptors (Lipinski definition) is 3. The molecule has 1 aliphatic rings. The molecular formula is C12H16N2O2. The normalized spacial score (nSPS) is 24.9. The van der Waals surface area contributed by atoms with E-state index in [-0.39, 0.29) is 18.0 Å². The Hall–Kier alpha value is -1.55. The molecule has 0 bridgehead atoms. The number of carbonyl (C=O) groups is 1. The van der Waals surface area contributed by atoms with Crippen LogP contribution in [0.3, 0.4) is 0 Å². The first-order chi connectivity index (χ1) is 7.63. The number of likely N-dealkylation sites (tertiary alicyclic amines) is 1. The molecule has 1 heterocycles. The number of benzene rings is 1. The van der Waals surface area contributed by atoms with Gasteiger partial charge in [0.05, 0.1) is 19.2 Å². The molecule has 0 aliphatic carbocycles. The van der Waals surface area contributed by atoms with Crippen LogP contribution in [0.25, 0.3) is 0 Å². The maximum Gasteiger partial charge on any atom is 0.239 e. The summed E-state index contributed by atoms with van der Waals surface area (Å²) in [5.41, 5.74) is 6.82. The molecule has 0 aromatic heterocycles. The fourth-order valence-corrected chi connectivity index (χ4v) is 2.12. The third kappa shape index (κ3) is 1.76. The lowest BCUT2D eigenvalue weighted by atomic mass is 10.0. The van der Waals surface area contributed by atoms with Gasteiger partial charge in [-0.2, -0.15) is 0 Å². The Balaban J connectivity index is 2.27. The average molecular weight is 220 g/mol. The Bertz CT molecular complexity index is 406. The Morgan fingerprint density at radius 3 is 2.81 bits per heavy atom. The van der Waals surface area contributed by atoms with E-state index in [0.29, 0.717) is 6.42 Å². The van der Waals surface area contributed by atoms with Gasteiger partial charge in [0.2, 0.25) is 5.91 Å². The van der Waals surface area contributed by atoms with Gasteiger partial charge in [0.25, 0.3) is 0 Å². The minimum Gasteiger partial charge on any atom is -0.497 e. The molecule has 4 heteroatoms. The second-order valence-corrected chi connectivity index (χ2v) is 4.08. The summed E-state index contributed by atoms with van der Waals surface area (Å²) in [6, 6.07) is 7.46. The van der Waals surface area contributed by atoms with E-state index >= 15 is 0 Å². The predicted octanol–water partition coefficient (Wildman–Crippen LogP) is 0.926. The van der Waals surface area contributed by atoms with Crippen LogP contribution >= 0.6 is 0 Å². The molecule has 1 aliphatic heterocycles. The molecule has 0 spiro atoms. The first kappa shape index (κ1) is 11.0. The van der Waals surface area contributed by atoms with Crippen molar-refractivity contribution in [3.8, 4) is 5.75 Å². The molecule has 0 saturated carbocycles. The van der Waals surface area contributed by atoms with E-state index < -0.39 is 0 Å². The molecular weight excluding hydrogens is 204 g/mol. The molecule has 2 atom stereocenters. The van der Waals surface area contributed by atoms with Gasteiger partial charge in [0.1, 0.15) is 5.75 Å². The van der Waals surface area contributed by atoms with Crippen molar-refractivity contribution in [2.75, 3.05) is 14.2 Å². The second-order valence-electron chi connectivity index (χ2n) is 4.08. The van der Waals surface area contributed by atoms with Gasteiger partial charge in [-0.25, -0.2) is 0 Å². The molecule has 4 nitrogen and oxygen atoms in total. The number of rotatable bonds is 2. The smallest absolute Gasteiger partial charge is 0.239 e. The summed E-state index contributed by atoms with van der Waals surface area (Å²) in [6.07, 6.45) is 0.669. The molecule has 1 aromatic rings. The Morgan fingerprint density at radius 1 is 1.50 bits per heavy atom. The maximum absolute atomic E-state index is 11.6. The summed E-state index contributed by atoms with van der Waals surface area (Å²) in [6.45, 7) is 0. The highest BCUT2D eigenvalue weighted by atomic mass is 16.5. The number of ether oxygens (including phenoxy) is 1. The summed E-state index contributed by atoms with van der Waals surface area (Å²) in [4.78, 5) is 13.3. The van der Waals surface area contributed by atoms with Gasteiger partial charge in [-0.1, -0.05) is 12.1 Å².